The molecule has 1 aromatic heterocycles. The van der Waals surface area contributed by atoms with Crippen LogP contribution in [-0.4, -0.2) is 18.3 Å². The smallest absolute Gasteiger partial charge is 0.0655 e. The van der Waals surface area contributed by atoms with Crippen molar-refractivity contribution in [2.24, 2.45) is 0 Å². The molecule has 3 heterocycles. The number of nitrogens with one attached hydrogen (secondary N) is 2. The molecule has 0 saturated carbocycles. The molecule has 0 bridgehead atoms. The van der Waals surface area contributed by atoms with Gasteiger partial charge in [-0.1, -0.05) is 122 Å². The number of hydrogen-bond acceptors (Lipinski definition) is 3. The maximum absolute atomic E-state index is 4.30. The minimum atomic E-state index is 0.280. The molecule has 2 aliphatic rings. The lowest BCUT2D eigenvalue weighted by Gasteiger charge is -2.22. The Morgan fingerprint density at radius 2 is 1.33 bits per heavy atom. The van der Waals surface area contributed by atoms with Gasteiger partial charge in [0.15, 0.2) is 0 Å². The standard InChI is InChI=1S/C31H24N2.C16H16N2/c1-22-10-8-9-19-32(2)29-17-15-23(20-27(22)29)24-16-18-31-28(21-24)26-13-6-7-14-30(26)33(31)25-11-4-3-5-12-25;1-2-6-13(7-3-1)14-8-4-5-9-15(14)16-10-11-17-12-18-16/h3-21H,1H2,2H3;1-11,16-18H,12H2/b10-8-,19-9-;. The van der Waals surface area contributed by atoms with Crippen molar-refractivity contribution in [3.63, 3.8) is 0 Å². The monoisotopic (exact) mass is 660 g/mol. The Hall–Kier alpha value is -6.36. The molecule has 7 aromatic rings. The van der Waals surface area contributed by atoms with Crippen molar-refractivity contribution < 1.29 is 0 Å². The van der Waals surface area contributed by atoms with Crippen LogP contribution in [0.4, 0.5) is 5.69 Å². The third-order valence-corrected chi connectivity index (χ3v) is 9.67. The van der Waals surface area contributed by atoms with E-state index < -0.39 is 0 Å². The Balaban J connectivity index is 0.000000175. The topological polar surface area (TPSA) is 32.2 Å². The molecule has 0 saturated heterocycles. The van der Waals surface area contributed by atoms with Gasteiger partial charge < -0.3 is 14.8 Å². The molecule has 9 rings (SSSR count). The highest BCUT2D eigenvalue weighted by atomic mass is 15.1. The molecule has 4 nitrogen and oxygen atoms in total. The molecule has 1 unspecified atom stereocenters. The number of nitrogens with zero attached hydrogens (tertiary/aromatic N) is 2. The summed E-state index contributed by atoms with van der Waals surface area (Å²) < 4.78 is 2.35. The van der Waals surface area contributed by atoms with Gasteiger partial charge in [0.25, 0.3) is 0 Å². The Morgan fingerprint density at radius 1 is 0.627 bits per heavy atom. The average molecular weight is 661 g/mol. The maximum atomic E-state index is 4.30. The van der Waals surface area contributed by atoms with Crippen LogP contribution in [-0.2, 0) is 0 Å². The van der Waals surface area contributed by atoms with Gasteiger partial charge in [-0.2, -0.15) is 0 Å². The van der Waals surface area contributed by atoms with E-state index in [1.807, 2.05) is 18.4 Å². The fourth-order valence-corrected chi connectivity index (χ4v) is 7.13. The number of fused-ring (bicyclic) bond motifs is 4. The average Bonchev–Trinajstić information content (AvgIpc) is 3.53. The van der Waals surface area contributed by atoms with Crippen LogP contribution in [0.25, 0.3) is 55.3 Å². The number of para-hydroxylation sites is 2. The van der Waals surface area contributed by atoms with E-state index in [1.165, 1.54) is 55.3 Å². The lowest BCUT2D eigenvalue weighted by Crippen LogP contribution is -2.32. The van der Waals surface area contributed by atoms with Crippen LogP contribution >= 0.6 is 0 Å². The molecule has 1 atom stereocenters. The summed E-state index contributed by atoms with van der Waals surface area (Å²) >= 11 is 0. The minimum absolute atomic E-state index is 0.280. The summed E-state index contributed by atoms with van der Waals surface area (Å²) in [5.74, 6) is 0. The van der Waals surface area contributed by atoms with Gasteiger partial charge in [0, 0.05) is 41.0 Å². The Morgan fingerprint density at radius 3 is 2.16 bits per heavy atom. The van der Waals surface area contributed by atoms with E-state index in [1.54, 1.807) is 0 Å². The van der Waals surface area contributed by atoms with Gasteiger partial charge in [-0.15, -0.1) is 0 Å². The second-order valence-corrected chi connectivity index (χ2v) is 12.9. The summed E-state index contributed by atoms with van der Waals surface area (Å²) in [6.07, 6.45) is 12.4. The summed E-state index contributed by atoms with van der Waals surface area (Å²) in [5.41, 5.74) is 13.2. The van der Waals surface area contributed by atoms with E-state index in [2.05, 4.69) is 198 Å². The first-order chi connectivity index (χ1) is 25.2. The summed E-state index contributed by atoms with van der Waals surface area (Å²) in [7, 11) is 2.08. The van der Waals surface area contributed by atoms with Crippen molar-refractivity contribution in [1.29, 1.82) is 0 Å². The van der Waals surface area contributed by atoms with E-state index in [4.69, 9.17) is 0 Å². The van der Waals surface area contributed by atoms with Gasteiger partial charge in [0.05, 0.1) is 23.7 Å². The second-order valence-electron chi connectivity index (χ2n) is 12.9. The first kappa shape index (κ1) is 31.9. The molecule has 51 heavy (non-hydrogen) atoms. The summed E-state index contributed by atoms with van der Waals surface area (Å²) in [6.45, 7) is 5.11. The Kier molecular flexibility index (Phi) is 8.90. The van der Waals surface area contributed by atoms with E-state index >= 15 is 0 Å². The van der Waals surface area contributed by atoms with Gasteiger partial charge in [0.1, 0.15) is 0 Å². The van der Waals surface area contributed by atoms with Crippen molar-refractivity contribution in [2.45, 2.75) is 6.04 Å². The Bertz CT molecular complexity index is 2430. The van der Waals surface area contributed by atoms with Crippen molar-refractivity contribution in [2.75, 3.05) is 18.6 Å². The maximum Gasteiger partial charge on any atom is 0.0655 e. The molecular weight excluding hydrogens is 621 g/mol. The first-order valence-electron chi connectivity index (χ1n) is 17.4. The van der Waals surface area contributed by atoms with E-state index in [-0.39, 0.29) is 6.04 Å². The summed E-state index contributed by atoms with van der Waals surface area (Å²) in [5, 5.41) is 9.13. The molecule has 0 aliphatic carbocycles. The SMILES string of the molecule is C1=CC(c2ccccc2-c2ccccc2)NCN1.C=C1/C=C\C=C/N(C)c2ccc(-c3ccc4c(c3)c3ccccc3n4-c3ccccc3)cc21. The quantitative estimate of drug-likeness (QED) is 0.197. The first-order valence-corrected chi connectivity index (χ1v) is 17.4. The largest absolute Gasteiger partial charge is 0.379 e. The molecule has 248 valence electrons. The molecule has 2 aliphatic heterocycles. The third-order valence-electron chi connectivity index (χ3n) is 9.67. The van der Waals surface area contributed by atoms with Crippen molar-refractivity contribution in [3.05, 3.63) is 200 Å². The van der Waals surface area contributed by atoms with Crippen LogP contribution in [0.15, 0.2) is 189 Å². The highest BCUT2D eigenvalue weighted by Crippen LogP contribution is 2.37. The predicted octanol–water partition coefficient (Wildman–Crippen LogP) is 11.0. The second kappa shape index (κ2) is 14.2. The lowest BCUT2D eigenvalue weighted by molar-refractivity contribution is 0.564. The van der Waals surface area contributed by atoms with Crippen molar-refractivity contribution >= 4 is 33.1 Å². The number of benzene rings is 6. The molecule has 2 N–H and O–H groups in total. The number of aromatic nitrogens is 1. The highest BCUT2D eigenvalue weighted by molar-refractivity contribution is 6.10. The van der Waals surface area contributed by atoms with Gasteiger partial charge in [-0.05, 0) is 94.2 Å². The molecular formula is C47H40N4. The fourth-order valence-electron chi connectivity index (χ4n) is 7.13. The zero-order chi connectivity index (χ0) is 34.6. The van der Waals surface area contributed by atoms with Crippen LogP contribution < -0.4 is 15.5 Å². The number of allylic oxidation sites excluding steroid dienone is 4. The molecule has 0 fully saturated rings. The van der Waals surface area contributed by atoms with E-state index in [0.29, 0.717) is 0 Å². The van der Waals surface area contributed by atoms with Crippen LogP contribution in [0.5, 0.6) is 0 Å². The van der Waals surface area contributed by atoms with Crippen LogP contribution in [0.1, 0.15) is 17.2 Å². The predicted molar refractivity (Wildman–Crippen MR) is 217 cm³/mol. The zero-order valence-corrected chi connectivity index (χ0v) is 28.7. The van der Waals surface area contributed by atoms with Crippen LogP contribution in [0, 0.1) is 0 Å². The fraction of sp³-hybridized carbons (Fsp3) is 0.0638. The third kappa shape index (κ3) is 6.41. The van der Waals surface area contributed by atoms with Crippen molar-refractivity contribution in [3.8, 4) is 27.9 Å². The van der Waals surface area contributed by atoms with Gasteiger partial charge in [-0.25, -0.2) is 0 Å². The number of rotatable bonds is 4. The summed E-state index contributed by atoms with van der Waals surface area (Å²) in [6, 6.07) is 52.1. The normalized spacial score (nSPS) is 16.4. The molecule has 0 spiro atoms. The number of anilines is 1. The van der Waals surface area contributed by atoms with Crippen LogP contribution in [0.3, 0.4) is 0 Å². The molecule has 0 radical (unpaired) electrons. The van der Waals surface area contributed by atoms with Gasteiger partial charge >= 0.3 is 0 Å². The summed E-state index contributed by atoms with van der Waals surface area (Å²) in [4.78, 5) is 2.14. The van der Waals surface area contributed by atoms with Gasteiger partial charge in [-0.3, -0.25) is 5.32 Å². The molecule has 0 amide bonds. The number of hydrogen-bond donors (Lipinski definition) is 2. The highest BCUT2D eigenvalue weighted by Gasteiger charge is 2.16. The Labute approximate surface area is 300 Å². The zero-order valence-electron chi connectivity index (χ0n) is 28.7. The molecule has 4 heteroatoms. The van der Waals surface area contributed by atoms with Gasteiger partial charge in [0.2, 0.25) is 0 Å². The minimum Gasteiger partial charge on any atom is -0.379 e. The van der Waals surface area contributed by atoms with Crippen LogP contribution in [0.2, 0.25) is 0 Å². The van der Waals surface area contributed by atoms with E-state index in [0.717, 1.165) is 23.5 Å². The lowest BCUT2D eigenvalue weighted by atomic mass is 9.94. The van der Waals surface area contributed by atoms with E-state index in [9.17, 15) is 0 Å². The molecule has 6 aromatic carbocycles. The van der Waals surface area contributed by atoms with Crippen molar-refractivity contribution in [1.82, 2.24) is 15.2 Å².